The molecule has 33 heavy (non-hydrogen) atoms. The summed E-state index contributed by atoms with van der Waals surface area (Å²) in [4.78, 5) is 2.54. The molecule has 2 aliphatic rings. The van der Waals surface area contributed by atoms with Crippen LogP contribution in [0.5, 0.6) is 11.5 Å². The number of rotatable bonds is 7. The summed E-state index contributed by atoms with van der Waals surface area (Å²) in [5, 5.41) is 0. The fourth-order valence-corrected chi connectivity index (χ4v) is 5.31. The second-order valence-electron chi connectivity index (χ2n) is 9.70. The normalized spacial score (nSPS) is 17.3. The largest absolute Gasteiger partial charge is 0.497 e. The number of likely N-dealkylation sites (tertiary alicyclic amines) is 1. The van der Waals surface area contributed by atoms with E-state index in [4.69, 9.17) is 9.47 Å². The highest BCUT2D eigenvalue weighted by atomic mass is 16.5. The maximum Gasteiger partial charge on any atom is 0.119 e. The first-order valence-electron chi connectivity index (χ1n) is 12.0. The maximum absolute atomic E-state index is 6.12. The van der Waals surface area contributed by atoms with Gasteiger partial charge in [-0.3, -0.25) is 4.90 Å². The molecule has 0 N–H and O–H groups in total. The van der Waals surface area contributed by atoms with Crippen molar-refractivity contribution < 1.29 is 9.47 Å². The highest BCUT2D eigenvalue weighted by molar-refractivity contribution is 6.03. The minimum absolute atomic E-state index is 0.298. The zero-order chi connectivity index (χ0) is 22.8. The number of nitrogens with zero attached hydrogens (tertiary/aromatic N) is 1. The topological polar surface area (TPSA) is 21.7 Å². The Bertz CT molecular complexity index is 1150. The molecule has 3 aromatic carbocycles. The highest BCUT2D eigenvalue weighted by Gasteiger charge is 2.31. The van der Waals surface area contributed by atoms with Gasteiger partial charge in [-0.05, 0) is 97.3 Å². The van der Waals surface area contributed by atoms with Crippen molar-refractivity contribution in [2.45, 2.75) is 38.6 Å². The molecule has 1 aliphatic heterocycles. The molecule has 3 heteroatoms. The van der Waals surface area contributed by atoms with E-state index >= 15 is 0 Å². The third kappa shape index (κ3) is 4.43. The summed E-state index contributed by atoms with van der Waals surface area (Å²) in [5.41, 5.74) is 8.08. The summed E-state index contributed by atoms with van der Waals surface area (Å²) >= 11 is 0. The molecule has 0 unspecified atom stereocenters. The monoisotopic (exact) mass is 439 g/mol. The average Bonchev–Trinajstić information content (AvgIpc) is 3.39. The molecular formula is C30H33NO2. The van der Waals surface area contributed by atoms with Gasteiger partial charge in [-0.15, -0.1) is 0 Å². The fraction of sp³-hybridized carbons (Fsp3) is 0.333. The first-order chi connectivity index (χ1) is 16.0. The molecule has 1 aliphatic carbocycles. The number of hydrogen-bond donors (Lipinski definition) is 0. The standard InChI is InChI=1S/C30H33NO2/c1-30(2)16-7-17-31(30)18-19-33-25-12-10-23(11-13-25)29-27-15-14-26(32-3)20-24(27)21-28(29)22-8-5-4-6-9-22/h4-6,8-15,20H,7,16-19,21H2,1-3H3. The average molecular weight is 440 g/mol. The van der Waals surface area contributed by atoms with Crippen LogP contribution in [0.15, 0.2) is 72.8 Å². The third-order valence-electron chi connectivity index (χ3n) is 7.22. The van der Waals surface area contributed by atoms with Gasteiger partial charge < -0.3 is 9.47 Å². The molecule has 0 amide bonds. The molecule has 5 rings (SSSR count). The van der Waals surface area contributed by atoms with Gasteiger partial charge >= 0.3 is 0 Å². The number of hydrogen-bond acceptors (Lipinski definition) is 3. The summed E-state index contributed by atoms with van der Waals surface area (Å²) < 4.78 is 11.6. The lowest BCUT2D eigenvalue weighted by Gasteiger charge is -2.31. The number of allylic oxidation sites excluding steroid dienone is 1. The van der Waals surface area contributed by atoms with E-state index in [0.717, 1.165) is 31.1 Å². The van der Waals surface area contributed by atoms with Crippen LogP contribution < -0.4 is 9.47 Å². The Balaban J connectivity index is 1.38. The summed E-state index contributed by atoms with van der Waals surface area (Å²) in [5.74, 6) is 1.85. The van der Waals surface area contributed by atoms with Crippen molar-refractivity contribution in [3.8, 4) is 11.5 Å². The molecule has 1 fully saturated rings. The molecule has 3 aromatic rings. The molecule has 0 atom stereocenters. The van der Waals surface area contributed by atoms with Gasteiger partial charge in [0.05, 0.1) is 7.11 Å². The van der Waals surface area contributed by atoms with Gasteiger partial charge in [-0.25, -0.2) is 0 Å². The lowest BCUT2D eigenvalue weighted by molar-refractivity contribution is 0.143. The Kier molecular flexibility index (Phi) is 5.99. The lowest BCUT2D eigenvalue weighted by Crippen LogP contribution is -2.40. The van der Waals surface area contributed by atoms with E-state index < -0.39 is 0 Å². The first-order valence-corrected chi connectivity index (χ1v) is 12.0. The van der Waals surface area contributed by atoms with Crippen LogP contribution in [0.1, 0.15) is 48.9 Å². The van der Waals surface area contributed by atoms with Crippen LogP contribution in [0.2, 0.25) is 0 Å². The summed E-state index contributed by atoms with van der Waals surface area (Å²) in [6, 6.07) is 25.8. The van der Waals surface area contributed by atoms with Gasteiger partial charge in [0.2, 0.25) is 0 Å². The zero-order valence-electron chi connectivity index (χ0n) is 19.9. The molecular weight excluding hydrogens is 406 g/mol. The van der Waals surface area contributed by atoms with Crippen molar-refractivity contribution in [2.24, 2.45) is 0 Å². The van der Waals surface area contributed by atoms with Crippen molar-refractivity contribution in [3.63, 3.8) is 0 Å². The summed E-state index contributed by atoms with van der Waals surface area (Å²) in [6.07, 6.45) is 3.47. The van der Waals surface area contributed by atoms with Crippen molar-refractivity contribution in [2.75, 3.05) is 26.8 Å². The SMILES string of the molecule is COc1ccc2c(c1)CC(c1ccccc1)=C2c1ccc(OCCN2CCCC2(C)C)cc1. The van der Waals surface area contributed by atoms with E-state index in [2.05, 4.69) is 91.5 Å². The van der Waals surface area contributed by atoms with Gasteiger partial charge in [0.1, 0.15) is 18.1 Å². The fourth-order valence-electron chi connectivity index (χ4n) is 5.31. The predicted molar refractivity (Wildman–Crippen MR) is 136 cm³/mol. The van der Waals surface area contributed by atoms with Crippen LogP contribution in [0.3, 0.4) is 0 Å². The highest BCUT2D eigenvalue weighted by Crippen LogP contribution is 2.43. The molecule has 0 bridgehead atoms. The van der Waals surface area contributed by atoms with Crippen LogP contribution in [-0.4, -0.2) is 37.2 Å². The van der Waals surface area contributed by atoms with Crippen LogP contribution in [0.4, 0.5) is 0 Å². The number of benzene rings is 3. The predicted octanol–water partition coefficient (Wildman–Crippen LogP) is 6.46. The van der Waals surface area contributed by atoms with Crippen molar-refractivity contribution >= 4 is 11.1 Å². The molecule has 0 saturated carbocycles. The first kappa shape index (κ1) is 21.8. The van der Waals surface area contributed by atoms with E-state index in [9.17, 15) is 0 Å². The summed E-state index contributed by atoms with van der Waals surface area (Å²) in [6.45, 7) is 7.55. The molecule has 170 valence electrons. The van der Waals surface area contributed by atoms with Gasteiger partial charge in [-0.2, -0.15) is 0 Å². The maximum atomic E-state index is 6.12. The Labute approximate surface area is 197 Å². The molecule has 1 saturated heterocycles. The third-order valence-corrected chi connectivity index (χ3v) is 7.22. The van der Waals surface area contributed by atoms with Crippen LogP contribution >= 0.6 is 0 Å². The van der Waals surface area contributed by atoms with E-state index in [1.54, 1.807) is 7.11 Å². The minimum atomic E-state index is 0.298. The minimum Gasteiger partial charge on any atom is -0.497 e. The lowest BCUT2D eigenvalue weighted by atomic mass is 9.94. The van der Waals surface area contributed by atoms with Gasteiger partial charge in [0.15, 0.2) is 0 Å². The number of methoxy groups -OCH3 is 1. The molecule has 0 spiro atoms. The molecule has 1 heterocycles. The van der Waals surface area contributed by atoms with Gasteiger partial charge in [0, 0.05) is 12.1 Å². The molecule has 0 aromatic heterocycles. The molecule has 0 radical (unpaired) electrons. The Hall–Kier alpha value is -3.04. The van der Waals surface area contributed by atoms with E-state index in [0.29, 0.717) is 5.54 Å². The van der Waals surface area contributed by atoms with E-state index in [1.807, 2.05) is 0 Å². The van der Waals surface area contributed by atoms with Crippen LogP contribution in [0.25, 0.3) is 11.1 Å². The van der Waals surface area contributed by atoms with Crippen LogP contribution in [-0.2, 0) is 6.42 Å². The smallest absolute Gasteiger partial charge is 0.119 e. The van der Waals surface area contributed by atoms with E-state index in [-0.39, 0.29) is 0 Å². The number of ether oxygens (including phenoxy) is 2. The zero-order valence-corrected chi connectivity index (χ0v) is 19.9. The Morgan fingerprint density at radius 1 is 0.879 bits per heavy atom. The van der Waals surface area contributed by atoms with Gasteiger partial charge in [-0.1, -0.05) is 48.5 Å². The van der Waals surface area contributed by atoms with Crippen molar-refractivity contribution in [1.29, 1.82) is 0 Å². The molecule has 3 nitrogen and oxygen atoms in total. The van der Waals surface area contributed by atoms with Crippen molar-refractivity contribution in [3.05, 3.63) is 95.1 Å². The van der Waals surface area contributed by atoms with E-state index in [1.165, 1.54) is 52.8 Å². The number of fused-ring (bicyclic) bond motifs is 1. The summed E-state index contributed by atoms with van der Waals surface area (Å²) in [7, 11) is 1.73. The van der Waals surface area contributed by atoms with Gasteiger partial charge in [0.25, 0.3) is 0 Å². The quantitative estimate of drug-likeness (QED) is 0.421. The second kappa shape index (κ2) is 9.07. The van der Waals surface area contributed by atoms with Crippen molar-refractivity contribution in [1.82, 2.24) is 4.90 Å². The Morgan fingerprint density at radius 3 is 2.33 bits per heavy atom. The second-order valence-corrected chi connectivity index (χ2v) is 9.70. The Morgan fingerprint density at radius 2 is 1.64 bits per heavy atom. The van der Waals surface area contributed by atoms with Crippen LogP contribution in [0, 0.1) is 0 Å².